The smallest absolute Gasteiger partial charge is 0.320 e. The lowest BCUT2D eigenvalue weighted by Gasteiger charge is -2.21. The molecule has 0 saturated heterocycles. The zero-order chi connectivity index (χ0) is 15.3. The van der Waals surface area contributed by atoms with E-state index >= 15 is 0 Å². The van der Waals surface area contributed by atoms with E-state index in [-0.39, 0.29) is 5.41 Å². The molecule has 1 atom stereocenters. The Hall–Kier alpha value is -1.55. The second kappa shape index (κ2) is 6.75. The molecule has 1 rings (SSSR count). The number of hydrogen-bond donors (Lipinski definition) is 2. The molecule has 0 aliphatic rings. The second-order valence-corrected chi connectivity index (χ2v) is 5.96. The van der Waals surface area contributed by atoms with E-state index in [2.05, 4.69) is 32.2 Å². The quantitative estimate of drug-likeness (QED) is 0.840. The second-order valence-electron chi connectivity index (χ2n) is 5.96. The van der Waals surface area contributed by atoms with Crippen LogP contribution in [0, 0.1) is 0 Å². The van der Waals surface area contributed by atoms with E-state index in [0.29, 0.717) is 13.0 Å². The maximum absolute atomic E-state index is 11.0. The normalized spacial score (nSPS) is 13.1. The van der Waals surface area contributed by atoms with Gasteiger partial charge >= 0.3 is 5.97 Å². The summed E-state index contributed by atoms with van der Waals surface area (Å²) in [5, 5.41) is 12.1. The van der Waals surface area contributed by atoms with Crippen LogP contribution in [-0.2, 0) is 16.8 Å². The van der Waals surface area contributed by atoms with Gasteiger partial charge < -0.3 is 15.2 Å². The topological polar surface area (TPSA) is 58.6 Å². The first-order valence-corrected chi connectivity index (χ1v) is 6.93. The standard InChI is InChI=1S/C16H25NO3/c1-6-13(15(18)19)17-10-11-7-8-12(16(2,3)4)9-14(11)20-5/h7-9,13,17H,6,10H2,1-5H3,(H,18,19). The van der Waals surface area contributed by atoms with Crippen LogP contribution < -0.4 is 10.1 Å². The maximum Gasteiger partial charge on any atom is 0.320 e. The first-order chi connectivity index (χ1) is 9.29. The summed E-state index contributed by atoms with van der Waals surface area (Å²) in [5.41, 5.74) is 2.23. The van der Waals surface area contributed by atoms with Crippen molar-refractivity contribution in [2.24, 2.45) is 0 Å². The van der Waals surface area contributed by atoms with Crippen molar-refractivity contribution in [1.29, 1.82) is 0 Å². The van der Waals surface area contributed by atoms with Crippen molar-refractivity contribution in [3.8, 4) is 5.75 Å². The molecule has 112 valence electrons. The summed E-state index contributed by atoms with van der Waals surface area (Å²) < 4.78 is 5.42. The van der Waals surface area contributed by atoms with Crippen molar-refractivity contribution < 1.29 is 14.6 Å². The lowest BCUT2D eigenvalue weighted by atomic mass is 9.86. The monoisotopic (exact) mass is 279 g/mol. The van der Waals surface area contributed by atoms with Crippen molar-refractivity contribution >= 4 is 5.97 Å². The minimum atomic E-state index is -0.822. The molecule has 4 nitrogen and oxygen atoms in total. The summed E-state index contributed by atoms with van der Waals surface area (Å²) in [7, 11) is 1.64. The first-order valence-electron chi connectivity index (χ1n) is 6.93. The molecule has 1 aromatic carbocycles. The zero-order valence-electron chi connectivity index (χ0n) is 13.0. The minimum absolute atomic E-state index is 0.0618. The molecule has 0 spiro atoms. The summed E-state index contributed by atoms with van der Waals surface area (Å²) in [4.78, 5) is 11.0. The molecule has 0 bridgehead atoms. The number of carboxylic acids is 1. The van der Waals surface area contributed by atoms with E-state index in [1.807, 2.05) is 19.1 Å². The van der Waals surface area contributed by atoms with E-state index in [1.54, 1.807) is 7.11 Å². The van der Waals surface area contributed by atoms with Crippen LogP contribution in [0.3, 0.4) is 0 Å². The van der Waals surface area contributed by atoms with Gasteiger partial charge in [0.1, 0.15) is 11.8 Å². The predicted octanol–water partition coefficient (Wildman–Crippen LogP) is 2.95. The summed E-state index contributed by atoms with van der Waals surface area (Å²) >= 11 is 0. The van der Waals surface area contributed by atoms with Gasteiger partial charge in [-0.3, -0.25) is 4.79 Å². The Morgan fingerprint density at radius 3 is 2.50 bits per heavy atom. The number of hydrogen-bond acceptors (Lipinski definition) is 3. The number of ether oxygens (including phenoxy) is 1. The number of carbonyl (C=O) groups is 1. The third kappa shape index (κ3) is 4.23. The zero-order valence-corrected chi connectivity index (χ0v) is 13.0. The maximum atomic E-state index is 11.0. The van der Waals surface area contributed by atoms with E-state index < -0.39 is 12.0 Å². The van der Waals surface area contributed by atoms with E-state index in [1.165, 1.54) is 5.56 Å². The fourth-order valence-corrected chi connectivity index (χ4v) is 2.00. The lowest BCUT2D eigenvalue weighted by Crippen LogP contribution is -2.35. The molecule has 0 radical (unpaired) electrons. The molecule has 0 fully saturated rings. The number of carboxylic acid groups (broad SMARTS) is 1. The van der Waals surface area contributed by atoms with Gasteiger partial charge in [0.05, 0.1) is 7.11 Å². The molecule has 4 heteroatoms. The summed E-state index contributed by atoms with van der Waals surface area (Å²) in [6.45, 7) is 8.79. The van der Waals surface area contributed by atoms with Gasteiger partial charge in [0.15, 0.2) is 0 Å². The van der Waals surface area contributed by atoms with Gasteiger partial charge in [-0.1, -0.05) is 39.8 Å². The molecule has 0 saturated carbocycles. The molecule has 0 aliphatic heterocycles. The fourth-order valence-electron chi connectivity index (χ4n) is 2.00. The summed E-state index contributed by atoms with van der Waals surface area (Å²) in [5.74, 6) is -0.0251. The molecule has 0 heterocycles. The van der Waals surface area contributed by atoms with E-state index in [9.17, 15) is 4.79 Å². The van der Waals surface area contributed by atoms with Crippen molar-refractivity contribution in [2.75, 3.05) is 7.11 Å². The number of methoxy groups -OCH3 is 1. The summed E-state index contributed by atoms with van der Waals surface area (Å²) in [6.07, 6.45) is 0.553. The highest BCUT2D eigenvalue weighted by molar-refractivity contribution is 5.73. The highest BCUT2D eigenvalue weighted by atomic mass is 16.5. The Bertz CT molecular complexity index is 463. The average Bonchev–Trinajstić information content (AvgIpc) is 2.37. The van der Waals surface area contributed by atoms with Gasteiger partial charge in [-0.25, -0.2) is 0 Å². The van der Waals surface area contributed by atoms with Crippen LogP contribution in [0.1, 0.15) is 45.2 Å². The molecule has 1 unspecified atom stereocenters. The minimum Gasteiger partial charge on any atom is -0.496 e. The number of rotatable bonds is 6. The average molecular weight is 279 g/mol. The van der Waals surface area contributed by atoms with Crippen LogP contribution in [0.15, 0.2) is 18.2 Å². The molecular formula is C16H25NO3. The number of aliphatic carboxylic acids is 1. The van der Waals surface area contributed by atoms with Gasteiger partial charge in [-0.2, -0.15) is 0 Å². The van der Waals surface area contributed by atoms with E-state index in [0.717, 1.165) is 11.3 Å². The predicted molar refractivity (Wildman–Crippen MR) is 80.2 cm³/mol. The van der Waals surface area contributed by atoms with Crippen molar-refractivity contribution in [1.82, 2.24) is 5.32 Å². The Balaban J connectivity index is 2.88. The molecule has 0 aliphatic carbocycles. The van der Waals surface area contributed by atoms with Gasteiger partial charge in [0, 0.05) is 12.1 Å². The third-order valence-electron chi connectivity index (χ3n) is 3.40. The SMILES string of the molecule is CCC(NCc1ccc(C(C)(C)C)cc1OC)C(=O)O. The number of nitrogens with one attached hydrogen (secondary N) is 1. The Labute approximate surface area is 121 Å². The largest absolute Gasteiger partial charge is 0.496 e. The van der Waals surface area contributed by atoms with Crippen LogP contribution in [0.4, 0.5) is 0 Å². The van der Waals surface area contributed by atoms with Crippen LogP contribution in [-0.4, -0.2) is 24.2 Å². The van der Waals surface area contributed by atoms with Crippen LogP contribution in [0.5, 0.6) is 5.75 Å². The van der Waals surface area contributed by atoms with Crippen molar-refractivity contribution in [2.45, 2.75) is 52.1 Å². The Kier molecular flexibility index (Phi) is 5.57. The van der Waals surface area contributed by atoms with Gasteiger partial charge in [0.2, 0.25) is 0 Å². The van der Waals surface area contributed by atoms with Crippen molar-refractivity contribution in [3.05, 3.63) is 29.3 Å². The van der Waals surface area contributed by atoms with Crippen LogP contribution >= 0.6 is 0 Å². The third-order valence-corrected chi connectivity index (χ3v) is 3.40. The van der Waals surface area contributed by atoms with Gasteiger partial charge in [-0.15, -0.1) is 0 Å². The molecule has 2 N–H and O–H groups in total. The first kappa shape index (κ1) is 16.5. The number of benzene rings is 1. The van der Waals surface area contributed by atoms with Gasteiger partial charge in [-0.05, 0) is 23.5 Å². The van der Waals surface area contributed by atoms with Crippen LogP contribution in [0.2, 0.25) is 0 Å². The highest BCUT2D eigenvalue weighted by Gasteiger charge is 2.18. The van der Waals surface area contributed by atoms with Crippen LogP contribution in [0.25, 0.3) is 0 Å². The van der Waals surface area contributed by atoms with E-state index in [4.69, 9.17) is 9.84 Å². The lowest BCUT2D eigenvalue weighted by molar-refractivity contribution is -0.139. The highest BCUT2D eigenvalue weighted by Crippen LogP contribution is 2.28. The molecule has 0 amide bonds. The van der Waals surface area contributed by atoms with Crippen molar-refractivity contribution in [3.63, 3.8) is 0 Å². The fraction of sp³-hybridized carbons (Fsp3) is 0.562. The molecule has 20 heavy (non-hydrogen) atoms. The Morgan fingerprint density at radius 1 is 1.40 bits per heavy atom. The Morgan fingerprint density at radius 2 is 2.05 bits per heavy atom. The molecule has 1 aromatic rings. The summed E-state index contributed by atoms with van der Waals surface area (Å²) in [6, 6.07) is 5.57. The van der Waals surface area contributed by atoms with Gasteiger partial charge in [0.25, 0.3) is 0 Å². The molecular weight excluding hydrogens is 254 g/mol. The molecule has 0 aromatic heterocycles.